The Morgan fingerprint density at radius 2 is 1.97 bits per heavy atom. The highest BCUT2D eigenvalue weighted by atomic mass is 127. The SMILES string of the molecule is CCNC(=NCc1ccc(OC2CCCC2)c(OC)c1)NC1CCN(C(=O)CC)C1.I. The molecule has 3 rings (SSSR count). The van der Waals surface area contributed by atoms with Crippen molar-refractivity contribution in [3.05, 3.63) is 23.8 Å². The van der Waals surface area contributed by atoms with Crippen LogP contribution in [0.1, 0.15) is 57.9 Å². The summed E-state index contributed by atoms with van der Waals surface area (Å²) in [5.41, 5.74) is 1.07. The Labute approximate surface area is 203 Å². The number of carbonyl (C=O) groups is 1. The van der Waals surface area contributed by atoms with Gasteiger partial charge in [-0.25, -0.2) is 4.99 Å². The lowest BCUT2D eigenvalue weighted by Gasteiger charge is -2.19. The van der Waals surface area contributed by atoms with Crippen LogP contribution in [-0.4, -0.2) is 55.7 Å². The lowest BCUT2D eigenvalue weighted by molar-refractivity contribution is -0.129. The van der Waals surface area contributed by atoms with Crippen LogP contribution in [0, 0.1) is 0 Å². The molecule has 0 radical (unpaired) electrons. The molecule has 1 saturated carbocycles. The molecular formula is C23H37IN4O3. The largest absolute Gasteiger partial charge is 0.493 e. The highest BCUT2D eigenvalue weighted by Gasteiger charge is 2.25. The Morgan fingerprint density at radius 1 is 1.19 bits per heavy atom. The standard InChI is InChI=1S/C23H36N4O3.HI/c1-4-22(28)27-13-12-18(16-27)26-23(24-5-2)25-15-17-10-11-20(21(14-17)29-3)30-19-8-6-7-9-19;/h10-11,14,18-19H,4-9,12-13,15-16H2,1-3H3,(H2,24,25,26);1H. The molecule has 1 aliphatic heterocycles. The molecule has 0 spiro atoms. The third-order valence-electron chi connectivity index (χ3n) is 5.77. The van der Waals surface area contributed by atoms with Crippen molar-refractivity contribution in [3.63, 3.8) is 0 Å². The molecule has 1 saturated heterocycles. The smallest absolute Gasteiger partial charge is 0.222 e. The summed E-state index contributed by atoms with van der Waals surface area (Å²) in [7, 11) is 1.68. The first-order valence-electron chi connectivity index (χ1n) is 11.3. The Morgan fingerprint density at radius 3 is 2.65 bits per heavy atom. The van der Waals surface area contributed by atoms with Gasteiger partial charge in [-0.2, -0.15) is 0 Å². The molecule has 2 fully saturated rings. The molecule has 0 aromatic heterocycles. The summed E-state index contributed by atoms with van der Waals surface area (Å²) in [5, 5.41) is 6.78. The lowest BCUT2D eigenvalue weighted by atomic mass is 10.2. The van der Waals surface area contributed by atoms with Crippen molar-refractivity contribution in [1.29, 1.82) is 0 Å². The number of benzene rings is 1. The number of halogens is 1. The van der Waals surface area contributed by atoms with Gasteiger partial charge >= 0.3 is 0 Å². The number of guanidine groups is 1. The fourth-order valence-corrected chi connectivity index (χ4v) is 4.11. The van der Waals surface area contributed by atoms with Gasteiger partial charge in [0.15, 0.2) is 17.5 Å². The lowest BCUT2D eigenvalue weighted by Crippen LogP contribution is -2.45. The Bertz CT molecular complexity index is 738. The van der Waals surface area contributed by atoms with E-state index < -0.39 is 0 Å². The zero-order valence-electron chi connectivity index (χ0n) is 19.0. The first-order chi connectivity index (χ1) is 14.6. The van der Waals surface area contributed by atoms with E-state index >= 15 is 0 Å². The van der Waals surface area contributed by atoms with Crippen LogP contribution in [0.4, 0.5) is 0 Å². The predicted molar refractivity (Wildman–Crippen MR) is 135 cm³/mol. The van der Waals surface area contributed by atoms with Gasteiger partial charge in [-0.15, -0.1) is 24.0 Å². The topological polar surface area (TPSA) is 75.2 Å². The highest BCUT2D eigenvalue weighted by molar-refractivity contribution is 14.0. The minimum atomic E-state index is 0. The number of hydrogen-bond donors (Lipinski definition) is 2. The van der Waals surface area contributed by atoms with E-state index in [1.165, 1.54) is 12.8 Å². The van der Waals surface area contributed by atoms with Crippen molar-refractivity contribution < 1.29 is 14.3 Å². The molecule has 1 aliphatic carbocycles. The van der Waals surface area contributed by atoms with Gasteiger partial charge in [0.2, 0.25) is 5.91 Å². The monoisotopic (exact) mass is 544 g/mol. The quantitative estimate of drug-likeness (QED) is 0.297. The van der Waals surface area contributed by atoms with Gasteiger partial charge in [0.05, 0.1) is 19.8 Å². The molecule has 1 amide bonds. The Balaban J connectivity index is 0.00000341. The van der Waals surface area contributed by atoms with E-state index in [-0.39, 0.29) is 35.9 Å². The van der Waals surface area contributed by atoms with E-state index in [9.17, 15) is 4.79 Å². The molecule has 7 nitrogen and oxygen atoms in total. The third kappa shape index (κ3) is 7.43. The molecule has 31 heavy (non-hydrogen) atoms. The number of hydrogen-bond acceptors (Lipinski definition) is 4. The highest BCUT2D eigenvalue weighted by Crippen LogP contribution is 2.32. The Kier molecular flexibility index (Phi) is 10.7. The predicted octanol–water partition coefficient (Wildman–Crippen LogP) is 3.70. The van der Waals surface area contributed by atoms with Crippen LogP contribution in [-0.2, 0) is 11.3 Å². The van der Waals surface area contributed by atoms with Gasteiger partial charge in [-0.3, -0.25) is 4.79 Å². The molecule has 0 bridgehead atoms. The molecule has 2 N–H and O–H groups in total. The van der Waals surface area contributed by atoms with E-state index in [0.29, 0.717) is 19.1 Å². The van der Waals surface area contributed by atoms with Crippen LogP contribution < -0.4 is 20.1 Å². The second-order valence-corrected chi connectivity index (χ2v) is 8.03. The Hall–Kier alpha value is -1.71. The first-order valence-corrected chi connectivity index (χ1v) is 11.3. The number of likely N-dealkylation sites (tertiary alicyclic amines) is 1. The van der Waals surface area contributed by atoms with Gasteiger partial charge in [-0.05, 0) is 56.7 Å². The summed E-state index contributed by atoms with van der Waals surface area (Å²) in [6.07, 6.45) is 6.53. The van der Waals surface area contributed by atoms with Crippen LogP contribution in [0.5, 0.6) is 11.5 Å². The second-order valence-electron chi connectivity index (χ2n) is 8.03. The van der Waals surface area contributed by atoms with Gasteiger partial charge in [0.1, 0.15) is 0 Å². The molecule has 174 valence electrons. The maximum Gasteiger partial charge on any atom is 0.222 e. The van der Waals surface area contributed by atoms with E-state index in [1.807, 2.05) is 24.0 Å². The van der Waals surface area contributed by atoms with Crippen molar-refractivity contribution in [3.8, 4) is 11.5 Å². The van der Waals surface area contributed by atoms with E-state index in [2.05, 4.69) is 23.6 Å². The molecule has 1 aromatic rings. The van der Waals surface area contributed by atoms with Gasteiger partial charge < -0.3 is 25.0 Å². The zero-order chi connectivity index (χ0) is 21.3. The normalized spacial score (nSPS) is 19.1. The number of nitrogens with zero attached hydrogens (tertiary/aromatic N) is 2. The summed E-state index contributed by atoms with van der Waals surface area (Å²) >= 11 is 0. The summed E-state index contributed by atoms with van der Waals surface area (Å²) in [4.78, 5) is 18.6. The van der Waals surface area contributed by atoms with Crippen LogP contribution in [0.2, 0.25) is 0 Å². The number of ether oxygens (including phenoxy) is 2. The minimum Gasteiger partial charge on any atom is -0.493 e. The average molecular weight is 544 g/mol. The summed E-state index contributed by atoms with van der Waals surface area (Å²) in [6, 6.07) is 6.29. The van der Waals surface area contributed by atoms with Crippen LogP contribution in [0.15, 0.2) is 23.2 Å². The first kappa shape index (κ1) is 25.5. The van der Waals surface area contributed by atoms with E-state index in [4.69, 9.17) is 14.5 Å². The van der Waals surface area contributed by atoms with Crippen LogP contribution in [0.3, 0.4) is 0 Å². The minimum absolute atomic E-state index is 0. The van der Waals surface area contributed by atoms with Gasteiger partial charge in [-0.1, -0.05) is 13.0 Å². The molecule has 1 atom stereocenters. The third-order valence-corrected chi connectivity index (χ3v) is 5.77. The van der Waals surface area contributed by atoms with Crippen molar-refractivity contribution in [2.24, 2.45) is 4.99 Å². The molecule has 2 aliphatic rings. The van der Waals surface area contributed by atoms with Crippen molar-refractivity contribution in [2.75, 3.05) is 26.7 Å². The van der Waals surface area contributed by atoms with E-state index in [0.717, 1.165) is 61.9 Å². The summed E-state index contributed by atoms with van der Waals surface area (Å²) in [6.45, 7) is 6.83. The molecule has 1 heterocycles. The molecular weight excluding hydrogens is 507 g/mol. The molecule has 8 heteroatoms. The number of carbonyl (C=O) groups excluding carboxylic acids is 1. The van der Waals surface area contributed by atoms with Crippen LogP contribution in [0.25, 0.3) is 0 Å². The summed E-state index contributed by atoms with van der Waals surface area (Å²) in [5.74, 6) is 2.57. The molecule has 1 unspecified atom stereocenters. The van der Waals surface area contributed by atoms with Crippen molar-refractivity contribution in [2.45, 2.75) is 71.1 Å². The van der Waals surface area contributed by atoms with Gasteiger partial charge in [0.25, 0.3) is 0 Å². The number of nitrogens with one attached hydrogen (secondary N) is 2. The van der Waals surface area contributed by atoms with Gasteiger partial charge in [0, 0.05) is 32.1 Å². The number of aliphatic imine (C=N–C) groups is 1. The van der Waals surface area contributed by atoms with E-state index in [1.54, 1.807) is 7.11 Å². The zero-order valence-corrected chi connectivity index (χ0v) is 21.3. The fraction of sp³-hybridized carbons (Fsp3) is 0.652. The van der Waals surface area contributed by atoms with Crippen molar-refractivity contribution >= 4 is 35.8 Å². The number of rotatable bonds is 8. The average Bonchev–Trinajstić information content (AvgIpc) is 3.44. The van der Waals surface area contributed by atoms with Crippen LogP contribution >= 0.6 is 24.0 Å². The number of methoxy groups -OCH3 is 1. The van der Waals surface area contributed by atoms with Crippen molar-refractivity contribution in [1.82, 2.24) is 15.5 Å². The maximum atomic E-state index is 11.9. The maximum absolute atomic E-state index is 11.9. The molecule has 1 aromatic carbocycles. The number of amides is 1. The summed E-state index contributed by atoms with van der Waals surface area (Å²) < 4.78 is 11.7. The fourth-order valence-electron chi connectivity index (χ4n) is 4.11. The second kappa shape index (κ2) is 13.0.